The lowest BCUT2D eigenvalue weighted by Gasteiger charge is -2.31. The summed E-state index contributed by atoms with van der Waals surface area (Å²) >= 11 is 0. The molecular formula is C10H18O. The van der Waals surface area contributed by atoms with E-state index in [1.165, 1.54) is 38.5 Å². The summed E-state index contributed by atoms with van der Waals surface area (Å²) in [6.07, 6.45) is 9.68. The summed E-state index contributed by atoms with van der Waals surface area (Å²) in [7, 11) is 0. The van der Waals surface area contributed by atoms with Crippen molar-refractivity contribution in [1.82, 2.24) is 0 Å². The van der Waals surface area contributed by atoms with Gasteiger partial charge in [-0.1, -0.05) is 12.8 Å². The van der Waals surface area contributed by atoms with Gasteiger partial charge in [0.2, 0.25) is 0 Å². The fraction of sp³-hybridized carbons (Fsp3) is 1.00. The van der Waals surface area contributed by atoms with E-state index >= 15 is 0 Å². The van der Waals surface area contributed by atoms with Gasteiger partial charge in [0.15, 0.2) is 0 Å². The van der Waals surface area contributed by atoms with Crippen molar-refractivity contribution in [2.24, 2.45) is 11.3 Å². The molecule has 0 radical (unpaired) electrons. The Morgan fingerprint density at radius 2 is 2.00 bits per heavy atom. The highest BCUT2D eigenvalue weighted by Gasteiger charge is 2.49. The van der Waals surface area contributed by atoms with Crippen LogP contribution in [0.1, 0.15) is 44.9 Å². The minimum Gasteiger partial charge on any atom is -0.396 e. The van der Waals surface area contributed by atoms with Gasteiger partial charge in [-0.25, -0.2) is 0 Å². The van der Waals surface area contributed by atoms with Gasteiger partial charge in [0.1, 0.15) is 0 Å². The SMILES string of the molecule is OCCC1CCCCC12CC2. The van der Waals surface area contributed by atoms with Crippen LogP contribution in [-0.2, 0) is 0 Å². The Hall–Kier alpha value is -0.0400. The van der Waals surface area contributed by atoms with Crippen LogP contribution >= 0.6 is 0 Å². The number of aliphatic hydroxyl groups is 1. The lowest BCUT2D eigenvalue weighted by atomic mass is 9.75. The summed E-state index contributed by atoms with van der Waals surface area (Å²) in [5.41, 5.74) is 0.737. The molecule has 0 aromatic carbocycles. The molecule has 2 fully saturated rings. The first-order valence-electron chi connectivity index (χ1n) is 4.98. The smallest absolute Gasteiger partial charge is 0.0433 e. The van der Waals surface area contributed by atoms with E-state index in [0.29, 0.717) is 6.61 Å². The van der Waals surface area contributed by atoms with Gasteiger partial charge < -0.3 is 5.11 Å². The Bertz CT molecular complexity index is 136. The second kappa shape index (κ2) is 2.78. The van der Waals surface area contributed by atoms with Crippen molar-refractivity contribution in [2.75, 3.05) is 6.61 Å². The molecule has 1 N–H and O–H groups in total. The third-order valence-electron chi connectivity index (χ3n) is 3.71. The fourth-order valence-electron chi connectivity index (χ4n) is 2.80. The molecule has 0 heterocycles. The largest absolute Gasteiger partial charge is 0.396 e. The summed E-state index contributed by atoms with van der Waals surface area (Å²) in [6.45, 7) is 0.409. The van der Waals surface area contributed by atoms with Crippen molar-refractivity contribution in [3.63, 3.8) is 0 Å². The predicted molar refractivity (Wildman–Crippen MR) is 45.3 cm³/mol. The summed E-state index contributed by atoms with van der Waals surface area (Å²) in [5, 5.41) is 8.88. The van der Waals surface area contributed by atoms with Gasteiger partial charge in [0, 0.05) is 6.61 Å². The average Bonchev–Trinajstić information content (AvgIpc) is 2.77. The van der Waals surface area contributed by atoms with Crippen molar-refractivity contribution in [3.8, 4) is 0 Å². The van der Waals surface area contributed by atoms with Crippen LogP contribution in [0.4, 0.5) is 0 Å². The molecule has 0 aromatic rings. The highest BCUT2D eigenvalue weighted by molar-refractivity contribution is 4.99. The van der Waals surface area contributed by atoms with E-state index in [1.54, 1.807) is 0 Å². The first-order valence-corrected chi connectivity index (χ1v) is 4.98. The average molecular weight is 154 g/mol. The summed E-state index contributed by atoms with van der Waals surface area (Å²) in [4.78, 5) is 0. The van der Waals surface area contributed by atoms with Gasteiger partial charge >= 0.3 is 0 Å². The highest BCUT2D eigenvalue weighted by atomic mass is 16.3. The maximum absolute atomic E-state index is 8.88. The molecule has 64 valence electrons. The van der Waals surface area contributed by atoms with Crippen molar-refractivity contribution in [2.45, 2.75) is 44.9 Å². The molecule has 0 saturated heterocycles. The van der Waals surface area contributed by atoms with Gasteiger partial charge in [0.05, 0.1) is 0 Å². The molecule has 0 bridgehead atoms. The molecule has 2 aliphatic rings. The molecule has 0 amide bonds. The van der Waals surface area contributed by atoms with Crippen LogP contribution in [-0.4, -0.2) is 11.7 Å². The second-order valence-electron chi connectivity index (χ2n) is 4.32. The Labute approximate surface area is 68.8 Å². The van der Waals surface area contributed by atoms with Gasteiger partial charge in [-0.15, -0.1) is 0 Å². The zero-order chi connectivity index (χ0) is 7.73. The first-order chi connectivity index (χ1) is 5.37. The monoisotopic (exact) mass is 154 g/mol. The Kier molecular flexibility index (Phi) is 1.92. The normalized spacial score (nSPS) is 34.1. The summed E-state index contributed by atoms with van der Waals surface area (Å²) in [5.74, 6) is 0.876. The highest BCUT2D eigenvalue weighted by Crippen LogP contribution is 2.60. The molecule has 2 aliphatic carbocycles. The molecule has 0 aromatic heterocycles. The molecule has 1 atom stereocenters. The minimum absolute atomic E-state index is 0.409. The van der Waals surface area contributed by atoms with Crippen molar-refractivity contribution >= 4 is 0 Å². The van der Waals surface area contributed by atoms with Gasteiger partial charge in [-0.3, -0.25) is 0 Å². The molecule has 2 rings (SSSR count). The zero-order valence-corrected chi connectivity index (χ0v) is 7.18. The number of hydrogen-bond donors (Lipinski definition) is 1. The molecule has 1 heteroatoms. The quantitative estimate of drug-likeness (QED) is 0.647. The van der Waals surface area contributed by atoms with Crippen molar-refractivity contribution < 1.29 is 5.11 Å². The van der Waals surface area contributed by atoms with E-state index in [-0.39, 0.29) is 0 Å². The topological polar surface area (TPSA) is 20.2 Å². The van der Waals surface area contributed by atoms with Crippen LogP contribution < -0.4 is 0 Å². The van der Waals surface area contributed by atoms with Crippen LogP contribution in [0, 0.1) is 11.3 Å². The van der Waals surface area contributed by atoms with E-state index in [4.69, 9.17) is 5.11 Å². The predicted octanol–water partition coefficient (Wildman–Crippen LogP) is 2.34. The van der Waals surface area contributed by atoms with Crippen LogP contribution in [0.3, 0.4) is 0 Å². The second-order valence-corrected chi connectivity index (χ2v) is 4.32. The summed E-state index contributed by atoms with van der Waals surface area (Å²) < 4.78 is 0. The maximum atomic E-state index is 8.88. The van der Waals surface area contributed by atoms with Gasteiger partial charge in [-0.05, 0) is 43.4 Å². The van der Waals surface area contributed by atoms with Crippen LogP contribution in [0.25, 0.3) is 0 Å². The van der Waals surface area contributed by atoms with E-state index < -0.39 is 0 Å². The Balaban J connectivity index is 1.93. The Morgan fingerprint density at radius 1 is 1.18 bits per heavy atom. The minimum atomic E-state index is 0.409. The Morgan fingerprint density at radius 3 is 2.64 bits per heavy atom. The molecule has 1 spiro atoms. The maximum Gasteiger partial charge on any atom is 0.0433 e. The lowest BCUT2D eigenvalue weighted by Crippen LogP contribution is -2.21. The van der Waals surface area contributed by atoms with Crippen molar-refractivity contribution in [1.29, 1.82) is 0 Å². The first kappa shape index (κ1) is 7.60. The molecule has 0 aliphatic heterocycles. The molecule has 2 saturated carbocycles. The molecular weight excluding hydrogens is 136 g/mol. The molecule has 11 heavy (non-hydrogen) atoms. The number of hydrogen-bond acceptors (Lipinski definition) is 1. The number of rotatable bonds is 2. The van der Waals surface area contributed by atoms with Gasteiger partial charge in [0.25, 0.3) is 0 Å². The van der Waals surface area contributed by atoms with E-state index in [0.717, 1.165) is 17.8 Å². The van der Waals surface area contributed by atoms with Crippen molar-refractivity contribution in [3.05, 3.63) is 0 Å². The third-order valence-corrected chi connectivity index (χ3v) is 3.71. The summed E-state index contributed by atoms with van der Waals surface area (Å²) in [6, 6.07) is 0. The van der Waals surface area contributed by atoms with E-state index in [9.17, 15) is 0 Å². The zero-order valence-electron chi connectivity index (χ0n) is 7.18. The lowest BCUT2D eigenvalue weighted by molar-refractivity contribution is 0.159. The number of aliphatic hydroxyl groups excluding tert-OH is 1. The standard InChI is InChI=1S/C10H18O/c11-8-4-9-3-1-2-5-10(9)6-7-10/h9,11H,1-8H2. The fourth-order valence-corrected chi connectivity index (χ4v) is 2.80. The van der Waals surface area contributed by atoms with E-state index in [1.807, 2.05) is 0 Å². The van der Waals surface area contributed by atoms with E-state index in [2.05, 4.69) is 0 Å². The van der Waals surface area contributed by atoms with Crippen LogP contribution in [0.5, 0.6) is 0 Å². The van der Waals surface area contributed by atoms with Gasteiger partial charge in [-0.2, -0.15) is 0 Å². The van der Waals surface area contributed by atoms with Crippen LogP contribution in [0.2, 0.25) is 0 Å². The molecule has 1 nitrogen and oxygen atoms in total. The molecule has 1 unspecified atom stereocenters. The third kappa shape index (κ3) is 1.31. The van der Waals surface area contributed by atoms with Crippen LogP contribution in [0.15, 0.2) is 0 Å².